The molecule has 0 bridgehead atoms. The van der Waals surface area contributed by atoms with Gasteiger partial charge in [-0.15, -0.1) is 11.8 Å². The van der Waals surface area contributed by atoms with Gasteiger partial charge in [0.1, 0.15) is 18.1 Å². The third kappa shape index (κ3) is 2.09. The number of β-lactam (4-membered cyclic amide) rings is 1. The standard InChI is InChI=1S/C12H17NO5S/c1-5(18-6(2)14)7-9(15)13-8(11(16)17)12(3,4)19-10(7)13/h5,7-8,10H,1-4H3,(H,16,17)/t5?,7-,8+,10-/m1/s1. The molecule has 6 nitrogen and oxygen atoms in total. The summed E-state index contributed by atoms with van der Waals surface area (Å²) in [4.78, 5) is 35.8. The molecule has 7 heteroatoms. The lowest BCUT2D eigenvalue weighted by Crippen LogP contribution is -2.65. The van der Waals surface area contributed by atoms with Crippen LogP contribution in [0.1, 0.15) is 27.7 Å². The normalized spacial score (nSPS) is 33.4. The molecule has 19 heavy (non-hydrogen) atoms. The minimum absolute atomic E-state index is 0.224. The molecule has 2 aliphatic heterocycles. The van der Waals surface area contributed by atoms with Crippen molar-refractivity contribution in [3.05, 3.63) is 0 Å². The lowest BCUT2D eigenvalue weighted by Gasteiger charge is -2.45. The van der Waals surface area contributed by atoms with Crippen LogP contribution >= 0.6 is 11.8 Å². The van der Waals surface area contributed by atoms with E-state index in [0.717, 1.165) is 0 Å². The molecular formula is C12H17NO5S. The van der Waals surface area contributed by atoms with Crippen molar-refractivity contribution in [3.63, 3.8) is 0 Å². The van der Waals surface area contributed by atoms with Crippen molar-refractivity contribution in [2.24, 2.45) is 5.92 Å². The fraction of sp³-hybridized carbons (Fsp3) is 0.750. The first-order valence-corrected chi connectivity index (χ1v) is 6.95. The van der Waals surface area contributed by atoms with E-state index >= 15 is 0 Å². The Kier molecular flexibility index (Phi) is 3.28. The van der Waals surface area contributed by atoms with Gasteiger partial charge in [0.05, 0.1) is 5.37 Å². The second-order valence-corrected chi connectivity index (χ2v) is 7.21. The van der Waals surface area contributed by atoms with Crippen molar-refractivity contribution < 1.29 is 24.2 Å². The Morgan fingerprint density at radius 2 is 2.05 bits per heavy atom. The van der Waals surface area contributed by atoms with E-state index in [2.05, 4.69) is 0 Å². The lowest BCUT2D eigenvalue weighted by atomic mass is 9.88. The third-order valence-corrected chi connectivity index (χ3v) is 5.17. The van der Waals surface area contributed by atoms with Gasteiger partial charge in [0, 0.05) is 11.7 Å². The van der Waals surface area contributed by atoms with Crippen LogP contribution < -0.4 is 0 Å². The first-order valence-electron chi connectivity index (χ1n) is 6.07. The van der Waals surface area contributed by atoms with Crippen LogP contribution in [0.5, 0.6) is 0 Å². The molecule has 2 heterocycles. The lowest BCUT2D eigenvalue weighted by molar-refractivity contribution is -0.173. The monoisotopic (exact) mass is 287 g/mol. The number of carboxylic acids is 1. The maximum absolute atomic E-state index is 12.1. The largest absolute Gasteiger partial charge is 0.480 e. The number of nitrogens with zero attached hydrogens (tertiary/aromatic N) is 1. The Balaban J connectivity index is 2.19. The Morgan fingerprint density at radius 3 is 2.53 bits per heavy atom. The van der Waals surface area contributed by atoms with Gasteiger partial charge in [-0.05, 0) is 20.8 Å². The van der Waals surface area contributed by atoms with Crippen LogP contribution in [0, 0.1) is 5.92 Å². The van der Waals surface area contributed by atoms with E-state index in [-0.39, 0.29) is 11.3 Å². The van der Waals surface area contributed by atoms with Gasteiger partial charge < -0.3 is 14.7 Å². The third-order valence-electron chi connectivity index (χ3n) is 3.57. The van der Waals surface area contributed by atoms with E-state index in [1.165, 1.54) is 23.6 Å². The summed E-state index contributed by atoms with van der Waals surface area (Å²) in [5, 5.41) is 9.04. The molecular weight excluding hydrogens is 270 g/mol. The van der Waals surface area contributed by atoms with E-state index in [1.54, 1.807) is 6.92 Å². The summed E-state index contributed by atoms with van der Waals surface area (Å²) < 4.78 is 4.50. The van der Waals surface area contributed by atoms with Crippen LogP contribution in [-0.4, -0.2) is 50.1 Å². The fourth-order valence-electron chi connectivity index (χ4n) is 2.81. The van der Waals surface area contributed by atoms with E-state index in [9.17, 15) is 19.5 Å². The average molecular weight is 287 g/mol. The quantitative estimate of drug-likeness (QED) is 0.607. The fourth-order valence-corrected chi connectivity index (χ4v) is 4.60. The van der Waals surface area contributed by atoms with Crippen LogP contribution in [0.15, 0.2) is 0 Å². The second-order valence-electron chi connectivity index (χ2n) is 5.44. The maximum atomic E-state index is 12.1. The summed E-state index contributed by atoms with van der Waals surface area (Å²) in [6.07, 6.45) is -0.526. The van der Waals surface area contributed by atoms with Gasteiger partial charge in [-0.25, -0.2) is 4.79 Å². The molecule has 2 aliphatic rings. The van der Waals surface area contributed by atoms with Crippen molar-refractivity contribution in [2.45, 2.75) is 50.0 Å². The van der Waals surface area contributed by atoms with Gasteiger partial charge in [0.15, 0.2) is 0 Å². The summed E-state index contributed by atoms with van der Waals surface area (Å²) in [7, 11) is 0. The number of thioether (sulfide) groups is 1. The first-order chi connectivity index (χ1) is 8.66. The van der Waals surface area contributed by atoms with E-state index in [0.29, 0.717) is 0 Å². The molecule has 1 unspecified atom stereocenters. The molecule has 0 radical (unpaired) electrons. The second kappa shape index (κ2) is 4.40. The van der Waals surface area contributed by atoms with Crippen LogP contribution in [0.4, 0.5) is 0 Å². The predicted molar refractivity (Wildman–Crippen MR) is 68.4 cm³/mol. The SMILES string of the molecule is CC(=O)OC(C)[C@@H]1C(=O)N2[C@@H]1SC(C)(C)[C@@H]2C(=O)O. The van der Waals surface area contributed by atoms with E-state index in [1.807, 2.05) is 13.8 Å². The molecule has 0 aromatic carbocycles. The molecule has 0 aromatic heterocycles. The number of carbonyl (C=O) groups is 3. The molecule has 4 atom stereocenters. The van der Waals surface area contributed by atoms with Crippen molar-refractivity contribution in [2.75, 3.05) is 0 Å². The number of hydrogen-bond acceptors (Lipinski definition) is 5. The van der Waals surface area contributed by atoms with Gasteiger partial charge in [0.2, 0.25) is 5.91 Å². The minimum Gasteiger partial charge on any atom is -0.480 e. The maximum Gasteiger partial charge on any atom is 0.327 e. The number of carbonyl (C=O) groups excluding carboxylic acids is 2. The minimum atomic E-state index is -0.994. The number of carboxylic acid groups (broad SMARTS) is 1. The topological polar surface area (TPSA) is 83.9 Å². The summed E-state index contributed by atoms with van der Waals surface area (Å²) in [6.45, 7) is 6.59. The van der Waals surface area contributed by atoms with Crippen LogP contribution in [-0.2, 0) is 19.1 Å². The number of hydrogen-bond donors (Lipinski definition) is 1. The highest BCUT2D eigenvalue weighted by atomic mass is 32.2. The van der Waals surface area contributed by atoms with E-state index < -0.39 is 34.7 Å². The number of aliphatic carboxylic acids is 1. The summed E-state index contributed by atoms with van der Waals surface area (Å²) in [5.41, 5.74) is 0. The predicted octanol–water partition coefficient (Wildman–Crippen LogP) is 0.701. The molecule has 2 saturated heterocycles. The van der Waals surface area contributed by atoms with Gasteiger partial charge in [-0.3, -0.25) is 9.59 Å². The van der Waals surface area contributed by atoms with Crippen LogP contribution in [0.25, 0.3) is 0 Å². The number of ether oxygens (including phenoxy) is 1. The zero-order valence-corrected chi connectivity index (χ0v) is 12.1. The summed E-state index contributed by atoms with van der Waals surface area (Å²) >= 11 is 1.45. The first kappa shape index (κ1) is 14.2. The summed E-state index contributed by atoms with van der Waals surface area (Å²) in [5.74, 6) is -2.12. The number of esters is 1. The smallest absolute Gasteiger partial charge is 0.327 e. The molecule has 0 spiro atoms. The highest BCUT2D eigenvalue weighted by molar-refractivity contribution is 8.01. The van der Waals surface area contributed by atoms with Crippen LogP contribution in [0.3, 0.4) is 0 Å². The van der Waals surface area contributed by atoms with Crippen molar-refractivity contribution in [1.29, 1.82) is 0 Å². The Morgan fingerprint density at radius 1 is 1.47 bits per heavy atom. The Labute approximate surface area is 115 Å². The molecule has 1 amide bonds. The number of fused-ring (bicyclic) bond motifs is 1. The molecule has 0 saturated carbocycles. The van der Waals surface area contributed by atoms with Gasteiger partial charge in [-0.1, -0.05) is 0 Å². The highest BCUT2D eigenvalue weighted by Gasteiger charge is 2.65. The number of rotatable bonds is 3. The summed E-state index contributed by atoms with van der Waals surface area (Å²) in [6, 6.07) is -0.823. The number of amides is 1. The average Bonchev–Trinajstić information content (AvgIpc) is 2.45. The zero-order chi connectivity index (χ0) is 14.5. The molecule has 106 valence electrons. The molecule has 2 rings (SSSR count). The van der Waals surface area contributed by atoms with Crippen molar-refractivity contribution >= 4 is 29.6 Å². The highest BCUT2D eigenvalue weighted by Crippen LogP contribution is 2.54. The molecule has 1 N–H and O–H groups in total. The molecule has 0 aromatic rings. The van der Waals surface area contributed by atoms with Crippen LogP contribution in [0.2, 0.25) is 0 Å². The van der Waals surface area contributed by atoms with E-state index in [4.69, 9.17) is 4.74 Å². The van der Waals surface area contributed by atoms with Gasteiger partial charge in [0.25, 0.3) is 0 Å². The van der Waals surface area contributed by atoms with Gasteiger partial charge >= 0.3 is 11.9 Å². The molecule has 0 aliphatic carbocycles. The Bertz CT molecular complexity index is 449. The van der Waals surface area contributed by atoms with Crippen molar-refractivity contribution in [3.8, 4) is 0 Å². The van der Waals surface area contributed by atoms with Crippen molar-refractivity contribution in [1.82, 2.24) is 4.90 Å². The van der Waals surface area contributed by atoms with Gasteiger partial charge in [-0.2, -0.15) is 0 Å². The zero-order valence-electron chi connectivity index (χ0n) is 11.2. The molecule has 2 fully saturated rings. The Hall–Kier alpha value is -1.24.